The zero-order valence-corrected chi connectivity index (χ0v) is 30.9. The molecule has 3 N–H and O–H groups in total. The molecule has 7 rings (SSSR count). The number of rotatable bonds is 3. The molecule has 5 bridgehead atoms. The van der Waals surface area contributed by atoms with Gasteiger partial charge in [-0.25, -0.2) is 18.0 Å². The fourth-order valence-corrected chi connectivity index (χ4v) is 9.24. The highest BCUT2D eigenvalue weighted by molar-refractivity contribution is 7.91. The molecular weight excluding hydrogens is 703 g/mol. The molecule has 6 aliphatic rings. The lowest BCUT2D eigenvalue weighted by Gasteiger charge is -2.29. The molecule has 5 amide bonds. The lowest BCUT2D eigenvalue weighted by Crippen LogP contribution is -2.58. The van der Waals surface area contributed by atoms with Crippen molar-refractivity contribution in [1.82, 2.24) is 25.2 Å². The predicted octanol–water partition coefficient (Wildman–Crippen LogP) is 3.65. The number of sulfonamides is 1. The fraction of sp³-hybridized carbons (Fsp3) is 0.605. The highest BCUT2D eigenvalue weighted by Gasteiger charge is 2.62. The molecular formula is C38H49N5O9S. The van der Waals surface area contributed by atoms with Crippen molar-refractivity contribution in [2.45, 2.75) is 120 Å². The van der Waals surface area contributed by atoms with Crippen LogP contribution in [0.15, 0.2) is 36.4 Å². The third-order valence-electron chi connectivity index (χ3n) is 11.3. The van der Waals surface area contributed by atoms with E-state index in [0.717, 1.165) is 42.4 Å². The zero-order valence-electron chi connectivity index (χ0n) is 30.1. The van der Waals surface area contributed by atoms with Crippen molar-refractivity contribution in [3.63, 3.8) is 0 Å². The molecule has 2 aliphatic carbocycles. The number of cyclic esters (lactones) is 1. The molecule has 2 saturated carbocycles. The number of hydrogen-bond acceptors (Lipinski definition) is 9. The Morgan fingerprint density at radius 2 is 1.83 bits per heavy atom. The Morgan fingerprint density at radius 1 is 1.00 bits per heavy atom. The average Bonchev–Trinajstić information content (AvgIpc) is 4.01. The fourth-order valence-electron chi connectivity index (χ4n) is 7.87. The quantitative estimate of drug-likeness (QED) is 0.389. The first-order valence-electron chi connectivity index (χ1n) is 18.9. The van der Waals surface area contributed by atoms with Crippen LogP contribution in [-0.4, -0.2) is 90.3 Å². The highest BCUT2D eigenvalue weighted by Crippen LogP contribution is 2.46. The minimum Gasteiger partial charge on any atom is -0.449 e. The summed E-state index contributed by atoms with van der Waals surface area (Å²) in [5, 5.41) is 4.95. The van der Waals surface area contributed by atoms with Crippen LogP contribution in [0.25, 0.3) is 6.08 Å². The maximum atomic E-state index is 14.4. The van der Waals surface area contributed by atoms with Gasteiger partial charge in [-0.1, -0.05) is 62.3 Å². The molecule has 4 heterocycles. The number of ether oxygens (including phenoxy) is 2. The van der Waals surface area contributed by atoms with Crippen LogP contribution in [0.5, 0.6) is 0 Å². The van der Waals surface area contributed by atoms with E-state index in [0.29, 0.717) is 45.2 Å². The second-order valence-corrected chi connectivity index (χ2v) is 17.4. The Balaban J connectivity index is 1.17. The van der Waals surface area contributed by atoms with E-state index in [1.165, 1.54) is 4.90 Å². The number of benzene rings is 1. The van der Waals surface area contributed by atoms with Crippen LogP contribution in [0.2, 0.25) is 0 Å². The van der Waals surface area contributed by atoms with Gasteiger partial charge in [0, 0.05) is 18.9 Å². The molecule has 14 nitrogen and oxygen atoms in total. The molecule has 0 radical (unpaired) electrons. The Morgan fingerprint density at radius 3 is 2.64 bits per heavy atom. The van der Waals surface area contributed by atoms with E-state index in [2.05, 4.69) is 21.4 Å². The van der Waals surface area contributed by atoms with E-state index >= 15 is 0 Å². The van der Waals surface area contributed by atoms with Crippen LogP contribution in [-0.2, 0) is 47.0 Å². The minimum atomic E-state index is -3.90. The van der Waals surface area contributed by atoms with Gasteiger partial charge in [-0.2, -0.15) is 0 Å². The number of nitrogens with zero attached hydrogens (tertiary/aromatic N) is 2. The van der Waals surface area contributed by atoms with Crippen molar-refractivity contribution in [2.24, 2.45) is 11.8 Å². The number of hydrogen-bond donors (Lipinski definition) is 3. The van der Waals surface area contributed by atoms with Gasteiger partial charge in [0.2, 0.25) is 21.8 Å². The van der Waals surface area contributed by atoms with E-state index in [1.54, 1.807) is 4.90 Å². The van der Waals surface area contributed by atoms with E-state index in [-0.39, 0.29) is 31.9 Å². The Kier molecular flexibility index (Phi) is 10.6. The predicted molar refractivity (Wildman–Crippen MR) is 193 cm³/mol. The van der Waals surface area contributed by atoms with Gasteiger partial charge in [0.1, 0.15) is 23.7 Å². The van der Waals surface area contributed by atoms with Gasteiger partial charge >= 0.3 is 12.2 Å². The Bertz CT molecular complexity index is 1810. The third-order valence-corrected chi connectivity index (χ3v) is 13.1. The maximum absolute atomic E-state index is 14.4. The van der Waals surface area contributed by atoms with Crippen LogP contribution in [0, 0.1) is 11.8 Å². The van der Waals surface area contributed by atoms with Gasteiger partial charge in [-0.15, -0.1) is 0 Å². The van der Waals surface area contributed by atoms with E-state index in [9.17, 15) is 32.4 Å². The molecule has 3 fully saturated rings. The Labute approximate surface area is 310 Å². The number of allylic oxidation sites excluding steroid dienone is 2. The number of amides is 5. The largest absolute Gasteiger partial charge is 0.449 e. The maximum Gasteiger partial charge on any atom is 0.410 e. The summed E-state index contributed by atoms with van der Waals surface area (Å²) in [5.41, 5.74) is 1.53. The van der Waals surface area contributed by atoms with Crippen molar-refractivity contribution >= 4 is 46.0 Å². The number of carbonyl (C=O) groups excluding carboxylic acids is 5. The van der Waals surface area contributed by atoms with Crippen LogP contribution < -0.4 is 15.4 Å². The van der Waals surface area contributed by atoms with Crippen LogP contribution in [0.1, 0.15) is 94.2 Å². The number of fused-ring (bicyclic) bond motifs is 4. The monoisotopic (exact) mass is 751 g/mol. The van der Waals surface area contributed by atoms with Gasteiger partial charge in [0.15, 0.2) is 0 Å². The summed E-state index contributed by atoms with van der Waals surface area (Å²) in [6.45, 7) is 2.75. The highest BCUT2D eigenvalue weighted by atomic mass is 32.2. The van der Waals surface area contributed by atoms with Crippen LogP contribution >= 0.6 is 0 Å². The van der Waals surface area contributed by atoms with E-state index in [4.69, 9.17) is 9.47 Å². The van der Waals surface area contributed by atoms with E-state index in [1.807, 2.05) is 43.4 Å². The first kappa shape index (κ1) is 36.9. The van der Waals surface area contributed by atoms with Gasteiger partial charge in [0.25, 0.3) is 5.91 Å². The molecule has 286 valence electrons. The van der Waals surface area contributed by atoms with Crippen molar-refractivity contribution in [3.05, 3.63) is 53.1 Å². The normalized spacial score (nSPS) is 32.5. The molecule has 1 aromatic carbocycles. The van der Waals surface area contributed by atoms with Crippen LogP contribution in [0.4, 0.5) is 9.59 Å². The molecule has 0 spiro atoms. The lowest BCUT2D eigenvalue weighted by molar-refractivity contribution is -0.141. The van der Waals surface area contributed by atoms with E-state index < -0.39 is 74.8 Å². The summed E-state index contributed by atoms with van der Waals surface area (Å²) in [7, 11) is -3.90. The van der Waals surface area contributed by atoms with Gasteiger partial charge < -0.3 is 25.0 Å². The molecule has 1 saturated heterocycles. The second kappa shape index (κ2) is 15.2. The minimum absolute atomic E-state index is 0.0502. The van der Waals surface area contributed by atoms with Crippen LogP contribution in [0.3, 0.4) is 0 Å². The second-order valence-electron chi connectivity index (χ2n) is 15.5. The average molecular weight is 752 g/mol. The van der Waals surface area contributed by atoms with Gasteiger partial charge in [0.05, 0.1) is 24.9 Å². The number of nitrogens with one attached hydrogen (secondary N) is 3. The molecule has 6 atom stereocenters. The molecule has 0 unspecified atom stereocenters. The zero-order chi connectivity index (χ0) is 37.3. The van der Waals surface area contributed by atoms with Crippen molar-refractivity contribution in [3.8, 4) is 0 Å². The van der Waals surface area contributed by atoms with Crippen molar-refractivity contribution in [1.29, 1.82) is 0 Å². The first-order chi connectivity index (χ1) is 25.4. The molecule has 53 heavy (non-hydrogen) atoms. The molecule has 15 heteroatoms. The number of alkyl carbamates (subject to hydrolysis) is 1. The summed E-state index contributed by atoms with van der Waals surface area (Å²) in [5.74, 6) is -2.38. The smallest absolute Gasteiger partial charge is 0.410 e. The van der Waals surface area contributed by atoms with Crippen molar-refractivity contribution < 1.29 is 41.9 Å². The lowest BCUT2D eigenvalue weighted by atomic mass is 10.0. The molecule has 4 aliphatic heterocycles. The standard InChI is InChI=1S/C38H49N5O9S/c1-24-10-7-8-11-25-12-9-13-26-20-42(22-30(25)26)37(48)52-28-18-32-33(44)40-38(35(46)41-53(49,50)29-16-17-29)19-27(38)14-5-3-2-4-6-15-31(34(45)43(32)21-28)39-36(47)51-23-24/h5,8-9,11-14,24,27-29,31-32H,2-4,6-7,10,15-23H2,1H3,(H,39,47)(H,40,44)(H,41,46)/b11-8-,14-5-/t24-,27-,28+,31-,32-,38+/m0/s1. The first-order valence-corrected chi connectivity index (χ1v) is 20.5. The summed E-state index contributed by atoms with van der Waals surface area (Å²) >= 11 is 0. The third kappa shape index (κ3) is 8.24. The van der Waals surface area contributed by atoms with Gasteiger partial charge in [-0.05, 0) is 74.0 Å². The Hall–Kier alpha value is -4.40. The topological polar surface area (TPSA) is 181 Å². The van der Waals surface area contributed by atoms with Gasteiger partial charge in [-0.3, -0.25) is 24.0 Å². The summed E-state index contributed by atoms with van der Waals surface area (Å²) < 4.78 is 39.3. The SMILES string of the molecule is C[C@H]1CC/C=C\c2cccc3c2CN(C3)C(=O)O[C@@H]2C[C@H]3C(=O)N[C@]4(C(=O)NS(=O)(=O)C5CC5)C[C@@H]4/C=C\CCCCC[C@H](NC(=O)OC1)C(=O)N3C2. The van der Waals surface area contributed by atoms with Crippen molar-refractivity contribution in [2.75, 3.05) is 13.2 Å². The molecule has 1 aromatic rings. The summed E-state index contributed by atoms with van der Waals surface area (Å²) in [6.07, 6.45) is 11.5. The number of carbonyl (C=O) groups is 5. The summed E-state index contributed by atoms with van der Waals surface area (Å²) in [4.78, 5) is 72.0. The molecule has 0 aromatic heterocycles. The summed E-state index contributed by atoms with van der Waals surface area (Å²) in [6, 6.07) is 3.76.